The minimum absolute atomic E-state index is 0.0149. The van der Waals surface area contributed by atoms with Gasteiger partial charge in [0.15, 0.2) is 5.65 Å². The number of hydrogen-bond acceptors (Lipinski definition) is 5. The van der Waals surface area contributed by atoms with Crippen LogP contribution in [0, 0.1) is 6.92 Å². The third-order valence-corrected chi connectivity index (χ3v) is 2.83. The summed E-state index contributed by atoms with van der Waals surface area (Å²) < 4.78 is 36.4. The van der Waals surface area contributed by atoms with Gasteiger partial charge < -0.3 is 9.47 Å². The SMILES string of the molecule is CCOC(=O)c1cnc2c(c(C)nn2C)c1OCC(F)F. The van der Waals surface area contributed by atoms with Gasteiger partial charge in [0.05, 0.1) is 17.7 Å². The van der Waals surface area contributed by atoms with E-state index in [0.717, 1.165) is 0 Å². The van der Waals surface area contributed by atoms with Gasteiger partial charge in [0.1, 0.15) is 17.9 Å². The number of halogens is 2. The number of esters is 1. The Morgan fingerprint density at radius 3 is 2.81 bits per heavy atom. The lowest BCUT2D eigenvalue weighted by Crippen LogP contribution is -2.13. The highest BCUT2D eigenvalue weighted by molar-refractivity contribution is 5.99. The van der Waals surface area contributed by atoms with Crippen molar-refractivity contribution in [3.05, 3.63) is 17.5 Å². The van der Waals surface area contributed by atoms with Crippen molar-refractivity contribution in [3.8, 4) is 5.75 Å². The van der Waals surface area contributed by atoms with Crippen LogP contribution in [0.5, 0.6) is 5.75 Å². The second-order valence-corrected chi connectivity index (χ2v) is 4.33. The van der Waals surface area contributed by atoms with Crippen molar-refractivity contribution in [1.82, 2.24) is 14.8 Å². The minimum Gasteiger partial charge on any atom is -0.486 e. The molecule has 0 unspecified atom stereocenters. The van der Waals surface area contributed by atoms with Gasteiger partial charge in [0.25, 0.3) is 6.43 Å². The predicted molar refractivity (Wildman–Crippen MR) is 70.7 cm³/mol. The Balaban J connectivity index is 2.59. The Labute approximate surface area is 119 Å². The number of rotatable bonds is 5. The fraction of sp³-hybridized carbons (Fsp3) is 0.462. The van der Waals surface area contributed by atoms with Crippen LogP contribution in [0.3, 0.4) is 0 Å². The number of fused-ring (bicyclic) bond motifs is 1. The monoisotopic (exact) mass is 299 g/mol. The summed E-state index contributed by atoms with van der Waals surface area (Å²) in [5.74, 6) is -0.635. The Hall–Kier alpha value is -2.25. The topological polar surface area (TPSA) is 66.2 Å². The van der Waals surface area contributed by atoms with Gasteiger partial charge in [0, 0.05) is 13.2 Å². The van der Waals surface area contributed by atoms with Gasteiger partial charge in [-0.05, 0) is 13.8 Å². The molecule has 0 amide bonds. The number of alkyl halides is 2. The third-order valence-electron chi connectivity index (χ3n) is 2.83. The molecule has 2 heterocycles. The van der Waals surface area contributed by atoms with Crippen molar-refractivity contribution in [2.75, 3.05) is 13.2 Å². The summed E-state index contributed by atoms with van der Waals surface area (Å²) in [4.78, 5) is 16.0. The van der Waals surface area contributed by atoms with Crippen LogP contribution in [0.4, 0.5) is 8.78 Å². The molecule has 0 atom stereocenters. The molecule has 2 rings (SSSR count). The van der Waals surface area contributed by atoms with E-state index >= 15 is 0 Å². The van der Waals surface area contributed by atoms with E-state index in [2.05, 4.69) is 10.1 Å². The van der Waals surface area contributed by atoms with Crippen LogP contribution in [0.25, 0.3) is 11.0 Å². The van der Waals surface area contributed by atoms with Crippen LogP contribution >= 0.6 is 0 Å². The van der Waals surface area contributed by atoms with Gasteiger partial charge in [-0.1, -0.05) is 0 Å². The second kappa shape index (κ2) is 6.02. The van der Waals surface area contributed by atoms with Gasteiger partial charge in [-0.2, -0.15) is 5.10 Å². The summed E-state index contributed by atoms with van der Waals surface area (Å²) in [6.07, 6.45) is -1.40. The zero-order valence-electron chi connectivity index (χ0n) is 11.9. The first-order valence-corrected chi connectivity index (χ1v) is 6.36. The standard InChI is InChI=1S/C13H15F2N3O3/c1-4-20-13(19)8-5-16-12-10(7(2)17-18(12)3)11(8)21-6-9(14)15/h5,9H,4,6H2,1-3H3. The van der Waals surface area contributed by atoms with E-state index in [1.807, 2.05) is 0 Å². The fourth-order valence-corrected chi connectivity index (χ4v) is 2.03. The maximum absolute atomic E-state index is 12.4. The lowest BCUT2D eigenvalue weighted by molar-refractivity contribution is 0.0509. The molecule has 0 saturated carbocycles. The average molecular weight is 299 g/mol. The van der Waals surface area contributed by atoms with Crippen molar-refractivity contribution in [2.24, 2.45) is 7.05 Å². The zero-order valence-corrected chi connectivity index (χ0v) is 11.9. The highest BCUT2D eigenvalue weighted by Gasteiger charge is 2.22. The molecule has 0 spiro atoms. The minimum atomic E-state index is -2.65. The lowest BCUT2D eigenvalue weighted by atomic mass is 10.1. The first kappa shape index (κ1) is 15.1. The molecule has 0 aliphatic rings. The number of aromatic nitrogens is 3. The van der Waals surface area contributed by atoms with Crippen molar-refractivity contribution in [2.45, 2.75) is 20.3 Å². The molecule has 0 radical (unpaired) electrons. The van der Waals surface area contributed by atoms with Gasteiger partial charge in [0.2, 0.25) is 0 Å². The number of carbonyl (C=O) groups excluding carboxylic acids is 1. The van der Waals surface area contributed by atoms with Gasteiger partial charge >= 0.3 is 5.97 Å². The summed E-state index contributed by atoms with van der Waals surface area (Å²) in [5, 5.41) is 4.59. The average Bonchev–Trinajstić information content (AvgIpc) is 2.71. The fourth-order valence-electron chi connectivity index (χ4n) is 2.03. The van der Waals surface area contributed by atoms with Crippen molar-refractivity contribution >= 4 is 17.0 Å². The summed E-state index contributed by atoms with van der Waals surface area (Å²) in [7, 11) is 1.67. The molecule has 2 aromatic rings. The molecule has 0 N–H and O–H groups in total. The summed E-state index contributed by atoms with van der Waals surface area (Å²) in [6, 6.07) is 0. The largest absolute Gasteiger partial charge is 0.486 e. The maximum atomic E-state index is 12.4. The summed E-state index contributed by atoms with van der Waals surface area (Å²) in [6.45, 7) is 2.68. The Morgan fingerprint density at radius 2 is 2.19 bits per heavy atom. The number of ether oxygens (including phenoxy) is 2. The molecule has 2 aromatic heterocycles. The summed E-state index contributed by atoms with van der Waals surface area (Å²) in [5.41, 5.74) is 1.00. The Morgan fingerprint density at radius 1 is 1.48 bits per heavy atom. The molecule has 114 valence electrons. The van der Waals surface area contributed by atoms with Crippen LogP contribution in [0.1, 0.15) is 23.0 Å². The highest BCUT2D eigenvalue weighted by Crippen LogP contribution is 2.31. The van der Waals surface area contributed by atoms with Crippen LogP contribution < -0.4 is 4.74 Å². The predicted octanol–water partition coefficient (Wildman–Crippen LogP) is 2.10. The van der Waals surface area contributed by atoms with E-state index in [4.69, 9.17) is 9.47 Å². The van der Waals surface area contributed by atoms with E-state index in [9.17, 15) is 13.6 Å². The van der Waals surface area contributed by atoms with Gasteiger partial charge in [-0.25, -0.2) is 18.6 Å². The molecule has 0 bridgehead atoms. The number of hydrogen-bond donors (Lipinski definition) is 0. The van der Waals surface area contributed by atoms with Crippen LogP contribution in [-0.4, -0.2) is 40.4 Å². The maximum Gasteiger partial charge on any atom is 0.343 e. The van der Waals surface area contributed by atoms with Gasteiger partial charge in [-0.3, -0.25) is 4.68 Å². The molecule has 0 aromatic carbocycles. The second-order valence-electron chi connectivity index (χ2n) is 4.33. The van der Waals surface area contributed by atoms with E-state index in [0.29, 0.717) is 16.7 Å². The molecule has 0 aliphatic carbocycles. The van der Waals surface area contributed by atoms with Crippen molar-refractivity contribution in [1.29, 1.82) is 0 Å². The zero-order chi connectivity index (χ0) is 15.6. The highest BCUT2D eigenvalue weighted by atomic mass is 19.3. The Bertz CT molecular complexity index is 670. The van der Waals surface area contributed by atoms with Crippen LogP contribution in [0.15, 0.2) is 6.20 Å². The molecule has 0 aliphatic heterocycles. The van der Waals surface area contributed by atoms with Crippen molar-refractivity contribution < 1.29 is 23.0 Å². The first-order chi connectivity index (χ1) is 9.95. The number of aryl methyl sites for hydroxylation is 2. The third kappa shape index (κ3) is 2.93. The quantitative estimate of drug-likeness (QED) is 0.791. The van der Waals surface area contributed by atoms with E-state index < -0.39 is 19.0 Å². The lowest BCUT2D eigenvalue weighted by Gasteiger charge is -2.11. The summed E-state index contributed by atoms with van der Waals surface area (Å²) >= 11 is 0. The van der Waals surface area contributed by atoms with Crippen LogP contribution in [-0.2, 0) is 11.8 Å². The molecule has 21 heavy (non-hydrogen) atoms. The van der Waals surface area contributed by atoms with Crippen LogP contribution in [0.2, 0.25) is 0 Å². The first-order valence-electron chi connectivity index (χ1n) is 6.36. The van der Waals surface area contributed by atoms with Crippen molar-refractivity contribution in [3.63, 3.8) is 0 Å². The van der Waals surface area contributed by atoms with E-state index in [1.165, 1.54) is 10.9 Å². The smallest absolute Gasteiger partial charge is 0.343 e. The Kier molecular flexibility index (Phi) is 4.35. The number of nitrogens with zero attached hydrogens (tertiary/aromatic N) is 3. The molecule has 8 heteroatoms. The molecule has 0 fully saturated rings. The number of pyridine rings is 1. The van der Waals surface area contributed by atoms with E-state index in [-0.39, 0.29) is 17.9 Å². The normalized spacial score (nSPS) is 11.1. The van der Waals surface area contributed by atoms with Gasteiger partial charge in [-0.15, -0.1) is 0 Å². The molecular weight excluding hydrogens is 284 g/mol. The van der Waals surface area contributed by atoms with E-state index in [1.54, 1.807) is 20.9 Å². The molecule has 6 nitrogen and oxygen atoms in total. The number of carbonyl (C=O) groups is 1. The molecule has 0 saturated heterocycles. The molecular formula is C13H15F2N3O3.